The average molecular weight is 424 g/mol. The highest BCUT2D eigenvalue weighted by Gasteiger charge is 2.21. The number of carbonyl (C=O) groups excluding carboxylic acids is 1. The van der Waals surface area contributed by atoms with Crippen LogP contribution < -0.4 is 5.32 Å². The molecule has 0 saturated carbocycles. The third-order valence-electron chi connectivity index (χ3n) is 5.07. The molecule has 30 heavy (non-hydrogen) atoms. The van der Waals surface area contributed by atoms with Crippen molar-refractivity contribution in [2.24, 2.45) is 0 Å². The largest absolute Gasteiger partial charge is 0.325 e. The Kier molecular flexibility index (Phi) is 6.92. The number of nitrogens with zero attached hydrogens (tertiary/aromatic N) is 4. The van der Waals surface area contributed by atoms with Crippen molar-refractivity contribution in [2.45, 2.75) is 63.8 Å². The summed E-state index contributed by atoms with van der Waals surface area (Å²) in [6.45, 7) is 12.5. The van der Waals surface area contributed by atoms with E-state index in [1.54, 1.807) is 4.68 Å². The van der Waals surface area contributed by atoms with E-state index in [9.17, 15) is 4.79 Å². The highest BCUT2D eigenvalue weighted by molar-refractivity contribution is 8.00. The van der Waals surface area contributed by atoms with Gasteiger partial charge in [0.05, 0.1) is 10.9 Å². The van der Waals surface area contributed by atoms with E-state index in [2.05, 4.69) is 66.7 Å². The van der Waals surface area contributed by atoms with Crippen LogP contribution in [0.5, 0.6) is 0 Å². The van der Waals surface area contributed by atoms with Gasteiger partial charge in [-0.3, -0.25) is 4.79 Å². The molecule has 0 aliphatic rings. The molecule has 6 nitrogen and oxygen atoms in total. The average Bonchev–Trinajstić information content (AvgIpc) is 3.17. The van der Waals surface area contributed by atoms with Crippen LogP contribution in [0.1, 0.15) is 63.1 Å². The number of nitrogens with one attached hydrogen (secondary N) is 1. The minimum atomic E-state index is -0.357. The van der Waals surface area contributed by atoms with E-state index >= 15 is 0 Å². The van der Waals surface area contributed by atoms with Crippen LogP contribution >= 0.6 is 11.8 Å². The maximum absolute atomic E-state index is 12.9. The molecule has 3 rings (SSSR count). The number of para-hydroxylation sites is 1. The molecule has 2 aromatic carbocycles. The normalized spacial score (nSPS) is 12.4. The van der Waals surface area contributed by atoms with Gasteiger partial charge in [0.25, 0.3) is 0 Å². The zero-order valence-electron chi connectivity index (χ0n) is 18.4. The minimum Gasteiger partial charge on any atom is -0.325 e. The van der Waals surface area contributed by atoms with Gasteiger partial charge < -0.3 is 5.32 Å². The van der Waals surface area contributed by atoms with Crippen molar-refractivity contribution in [2.75, 3.05) is 5.32 Å². The topological polar surface area (TPSA) is 72.7 Å². The number of hydrogen-bond donors (Lipinski definition) is 1. The number of carbonyl (C=O) groups is 1. The Bertz CT molecular complexity index is 1010. The summed E-state index contributed by atoms with van der Waals surface area (Å²) in [7, 11) is 0. The van der Waals surface area contributed by atoms with Gasteiger partial charge in [-0.2, -0.15) is 4.68 Å². The number of hydrogen-bond acceptors (Lipinski definition) is 5. The minimum absolute atomic E-state index is 0.0686. The molecule has 0 spiro atoms. The lowest BCUT2D eigenvalue weighted by Crippen LogP contribution is -2.24. The van der Waals surface area contributed by atoms with Gasteiger partial charge in [0, 0.05) is 5.69 Å². The van der Waals surface area contributed by atoms with Gasteiger partial charge >= 0.3 is 0 Å². The second-order valence-corrected chi connectivity index (χ2v) is 9.37. The number of thioether (sulfide) groups is 1. The molecule has 0 radical (unpaired) electrons. The molecule has 158 valence electrons. The molecule has 0 fully saturated rings. The summed E-state index contributed by atoms with van der Waals surface area (Å²) in [5.41, 5.74) is 5.22. The summed E-state index contributed by atoms with van der Waals surface area (Å²) in [6, 6.07) is 14.3. The number of tetrazole rings is 1. The van der Waals surface area contributed by atoms with E-state index in [1.165, 1.54) is 17.3 Å². The molecule has 1 N–H and O–H groups in total. The number of amides is 1. The molecule has 1 heterocycles. The van der Waals surface area contributed by atoms with Gasteiger partial charge in [-0.15, -0.1) is 5.10 Å². The molecule has 0 aliphatic heterocycles. The molecule has 1 amide bonds. The lowest BCUT2D eigenvalue weighted by Gasteiger charge is -2.18. The van der Waals surface area contributed by atoms with Gasteiger partial charge in [-0.1, -0.05) is 69.8 Å². The second kappa shape index (κ2) is 9.43. The third kappa shape index (κ3) is 4.90. The molecule has 3 aromatic rings. The first-order valence-corrected chi connectivity index (χ1v) is 11.1. The highest BCUT2D eigenvalue weighted by Crippen LogP contribution is 2.29. The lowest BCUT2D eigenvalue weighted by atomic mass is 9.98. The van der Waals surface area contributed by atoms with E-state index in [1.807, 2.05) is 38.1 Å². The number of anilines is 1. The van der Waals surface area contributed by atoms with Crippen LogP contribution in [0, 0.1) is 6.92 Å². The number of aromatic nitrogens is 4. The van der Waals surface area contributed by atoms with Crippen LogP contribution in [0.25, 0.3) is 5.69 Å². The predicted octanol–water partition coefficient (Wildman–Crippen LogP) is 5.34. The molecule has 0 unspecified atom stereocenters. The summed E-state index contributed by atoms with van der Waals surface area (Å²) in [6.07, 6.45) is 0. The monoisotopic (exact) mass is 423 g/mol. The summed E-state index contributed by atoms with van der Waals surface area (Å²) in [5, 5.41) is 15.4. The van der Waals surface area contributed by atoms with Crippen molar-refractivity contribution < 1.29 is 4.79 Å². The number of rotatable bonds is 7. The third-order valence-corrected chi connectivity index (χ3v) is 6.10. The van der Waals surface area contributed by atoms with Gasteiger partial charge in [-0.05, 0) is 64.9 Å². The van der Waals surface area contributed by atoms with Crippen LogP contribution in [0.15, 0.2) is 47.6 Å². The van der Waals surface area contributed by atoms with Gasteiger partial charge in [0.1, 0.15) is 0 Å². The van der Waals surface area contributed by atoms with Crippen LogP contribution in [0.4, 0.5) is 5.69 Å². The van der Waals surface area contributed by atoms with E-state index in [0.29, 0.717) is 17.0 Å². The van der Waals surface area contributed by atoms with Crippen molar-refractivity contribution >= 4 is 23.4 Å². The van der Waals surface area contributed by atoms with Crippen LogP contribution in [0.2, 0.25) is 0 Å². The lowest BCUT2D eigenvalue weighted by molar-refractivity contribution is -0.115. The predicted molar refractivity (Wildman–Crippen MR) is 122 cm³/mol. The van der Waals surface area contributed by atoms with Crippen molar-refractivity contribution in [3.05, 3.63) is 59.2 Å². The van der Waals surface area contributed by atoms with Gasteiger partial charge in [0.15, 0.2) is 0 Å². The number of benzene rings is 2. The van der Waals surface area contributed by atoms with Crippen molar-refractivity contribution in [3.8, 4) is 5.69 Å². The fourth-order valence-electron chi connectivity index (χ4n) is 3.19. The molecule has 1 aromatic heterocycles. The Hall–Kier alpha value is -2.67. The Labute approximate surface area is 182 Å². The Morgan fingerprint density at radius 2 is 1.70 bits per heavy atom. The fraction of sp³-hybridized carbons (Fsp3) is 0.391. The first-order valence-electron chi connectivity index (χ1n) is 10.2. The quantitative estimate of drug-likeness (QED) is 0.520. The highest BCUT2D eigenvalue weighted by atomic mass is 32.2. The summed E-state index contributed by atoms with van der Waals surface area (Å²) < 4.78 is 1.67. The van der Waals surface area contributed by atoms with E-state index < -0.39 is 0 Å². The van der Waals surface area contributed by atoms with E-state index in [4.69, 9.17) is 0 Å². The van der Waals surface area contributed by atoms with Gasteiger partial charge in [0.2, 0.25) is 11.1 Å². The van der Waals surface area contributed by atoms with Crippen LogP contribution in [-0.2, 0) is 4.79 Å². The molecular formula is C23H29N5OS. The van der Waals surface area contributed by atoms with E-state index in [-0.39, 0.29) is 11.2 Å². The Morgan fingerprint density at radius 3 is 2.33 bits per heavy atom. The molecular weight excluding hydrogens is 394 g/mol. The van der Waals surface area contributed by atoms with Gasteiger partial charge in [-0.25, -0.2) is 0 Å². The first kappa shape index (κ1) is 22.0. The SMILES string of the molecule is Cc1cccc(C(C)C)c1NC(=O)[C@@H](C)Sc1nnnn1-c1ccc(C(C)C)cc1. The second-order valence-electron chi connectivity index (χ2n) is 8.06. The van der Waals surface area contributed by atoms with Crippen molar-refractivity contribution in [1.29, 1.82) is 0 Å². The smallest absolute Gasteiger partial charge is 0.237 e. The summed E-state index contributed by atoms with van der Waals surface area (Å²) >= 11 is 1.34. The maximum atomic E-state index is 12.9. The van der Waals surface area contributed by atoms with Crippen LogP contribution in [0.3, 0.4) is 0 Å². The molecule has 0 bridgehead atoms. The zero-order chi connectivity index (χ0) is 21.8. The van der Waals surface area contributed by atoms with Crippen molar-refractivity contribution in [3.63, 3.8) is 0 Å². The standard InChI is InChI=1S/C23H29N5OS/c1-14(2)18-10-12-19(13-11-18)28-23(25-26-27-28)30-17(6)22(29)24-21-16(5)8-7-9-20(21)15(3)4/h7-15,17H,1-6H3,(H,24,29)/t17-/m1/s1. The Morgan fingerprint density at radius 1 is 1.00 bits per heavy atom. The molecule has 1 atom stereocenters. The van der Waals surface area contributed by atoms with E-state index in [0.717, 1.165) is 22.5 Å². The maximum Gasteiger partial charge on any atom is 0.237 e. The zero-order valence-corrected chi connectivity index (χ0v) is 19.2. The molecule has 7 heteroatoms. The molecule has 0 aliphatic carbocycles. The summed E-state index contributed by atoms with van der Waals surface area (Å²) in [5.74, 6) is 0.716. The molecule has 0 saturated heterocycles. The van der Waals surface area contributed by atoms with Crippen LogP contribution in [-0.4, -0.2) is 31.4 Å². The first-order chi connectivity index (χ1) is 14.3. The van der Waals surface area contributed by atoms with Crippen molar-refractivity contribution in [1.82, 2.24) is 20.2 Å². The Balaban J connectivity index is 1.75. The number of aryl methyl sites for hydroxylation is 1. The summed E-state index contributed by atoms with van der Waals surface area (Å²) in [4.78, 5) is 12.9. The fourth-order valence-corrected chi connectivity index (χ4v) is 4.00.